The summed E-state index contributed by atoms with van der Waals surface area (Å²) in [5, 5.41) is 238. The second-order valence-corrected chi connectivity index (χ2v) is 27.2. The van der Waals surface area contributed by atoms with E-state index in [1.54, 1.807) is 0 Å². The van der Waals surface area contributed by atoms with Gasteiger partial charge in [-0.05, 0) is 14.0 Å². The highest BCUT2D eigenvalue weighted by atomic mass is 32.2. The van der Waals surface area contributed by atoms with Crippen LogP contribution in [0.5, 0.6) is 0 Å². The van der Waals surface area contributed by atoms with Gasteiger partial charge in [0.2, 0.25) is 5.79 Å². The molecule has 17 heterocycles. The quantitative estimate of drug-likeness (QED) is 0.0324. The number of aliphatic hydroxyl groups is 19. The maximum atomic E-state index is 13.0. The van der Waals surface area contributed by atoms with E-state index in [9.17, 15) is 126 Å². The van der Waals surface area contributed by atoms with Crippen molar-refractivity contribution in [3.63, 3.8) is 0 Å². The predicted octanol–water partition coefficient (Wildman–Crippen LogP) is -12.8. The van der Waals surface area contributed by atoms with Crippen molar-refractivity contribution in [3.8, 4) is 0 Å². The molecule has 17 aliphatic rings. The summed E-state index contributed by atoms with van der Waals surface area (Å²) in [6.07, 6.45) is -66.1. The number of aliphatic carboxylic acids is 2. The van der Waals surface area contributed by atoms with Crippen molar-refractivity contribution in [3.05, 3.63) is 0 Å². The monoisotopic (exact) mass is 1530 g/mol. The molecule has 22 N–H and O–H groups in total. The molecule has 0 radical (unpaired) electrons. The van der Waals surface area contributed by atoms with Gasteiger partial charge < -0.3 is 188 Å². The molecule has 592 valence electrons. The molecule has 44 heteroatoms. The number of carbonyl (C=O) groups is 4. The van der Waals surface area contributed by atoms with Crippen LogP contribution in [0.4, 0.5) is 0 Å². The van der Waals surface area contributed by atoms with Crippen molar-refractivity contribution >= 4 is 47.0 Å². The SMILES string of the molecule is CN[C@H](CSCC1O[C@@H]2O[C@@H]3C(CO)O[C@H](O[C@]4(O)CO[C@H](O[C@@H]5C(CO)O[C@H](O[C@@H]6C(CSC[C@@H](CC(=O)CCOCCOCCC(C)=O)C(=O)O)O[C@H](OC[C@H](O)C(O)[C@H](OCCO)O[C@@H]7C(CO)O[C@H](O[C@H]1[C@H](O)C2O)C(O)[C@H]7O)C(O)[C@H]6O)C(O)[C@H]5O)C(O)[C@H]4O)C(O)[C@H]3O)C(=O)O. The molecular formula is C58H97NO41S2. The van der Waals surface area contributed by atoms with Crippen molar-refractivity contribution in [2.75, 3.05) is 103 Å². The third-order valence-corrected chi connectivity index (χ3v) is 20.0. The van der Waals surface area contributed by atoms with Crippen molar-refractivity contribution in [2.24, 2.45) is 5.92 Å². The Morgan fingerprint density at radius 3 is 1.37 bits per heavy atom. The predicted molar refractivity (Wildman–Crippen MR) is 329 cm³/mol. The molecular weight excluding hydrogens is 1430 g/mol. The van der Waals surface area contributed by atoms with Gasteiger partial charge in [0.05, 0.1) is 84.2 Å². The molecule has 102 heavy (non-hydrogen) atoms. The number of Topliss-reactive ketones (excluding diaryl/α,β-unsaturated/α-hetero) is 2. The molecule has 0 aromatic rings. The second-order valence-electron chi connectivity index (χ2n) is 25.1. The Morgan fingerprint density at radius 2 is 0.902 bits per heavy atom. The molecule has 0 aromatic carbocycles. The topological polar surface area (TPSA) is 653 Å². The second kappa shape index (κ2) is 40.8. The van der Waals surface area contributed by atoms with Crippen molar-refractivity contribution in [1.82, 2.24) is 5.32 Å². The lowest BCUT2D eigenvalue weighted by molar-refractivity contribution is -0.432. The fourth-order valence-corrected chi connectivity index (χ4v) is 14.1. The summed E-state index contributed by atoms with van der Waals surface area (Å²) in [5.74, 6) is -9.16. The lowest BCUT2D eigenvalue weighted by Gasteiger charge is -2.50. The number of likely N-dealkylation sites (N-methyl/N-ethyl adjacent to an activating group) is 1. The van der Waals surface area contributed by atoms with Gasteiger partial charge >= 0.3 is 11.9 Å². The average Bonchev–Trinajstić information content (AvgIpc) is 0.773. The number of thioether (sulfide) groups is 2. The zero-order valence-corrected chi connectivity index (χ0v) is 56.8. The van der Waals surface area contributed by atoms with Crippen LogP contribution < -0.4 is 5.32 Å². The molecule has 0 saturated carbocycles. The minimum Gasteiger partial charge on any atom is -0.481 e. The average molecular weight is 1530 g/mol. The van der Waals surface area contributed by atoms with Gasteiger partial charge in [-0.2, -0.15) is 23.5 Å². The van der Waals surface area contributed by atoms with Crippen LogP contribution in [-0.2, 0) is 95.0 Å². The van der Waals surface area contributed by atoms with E-state index in [2.05, 4.69) is 5.32 Å². The number of ketones is 2. The van der Waals surface area contributed by atoms with Crippen molar-refractivity contribution in [2.45, 2.75) is 229 Å². The lowest BCUT2D eigenvalue weighted by Crippen LogP contribution is -2.69. The summed E-state index contributed by atoms with van der Waals surface area (Å²) in [6, 6.07) is -1.19. The normalized spacial score (nSPS) is 43.3. The first-order valence-corrected chi connectivity index (χ1v) is 35.0. The molecule has 17 fully saturated rings. The number of hydrogen-bond acceptors (Lipinski definition) is 42. The van der Waals surface area contributed by atoms with Crippen LogP contribution in [0.15, 0.2) is 0 Å². The molecule has 17 aliphatic heterocycles. The van der Waals surface area contributed by atoms with Gasteiger partial charge in [0.25, 0.3) is 0 Å². The van der Waals surface area contributed by atoms with E-state index in [0.29, 0.717) is 0 Å². The number of nitrogens with one attached hydrogen (secondary N) is 1. The highest BCUT2D eigenvalue weighted by Crippen LogP contribution is 2.39. The first-order chi connectivity index (χ1) is 48.4. The van der Waals surface area contributed by atoms with Crippen LogP contribution in [0.25, 0.3) is 0 Å². The summed E-state index contributed by atoms with van der Waals surface area (Å²) in [5.41, 5.74) is 0. The van der Waals surface area contributed by atoms with Crippen LogP contribution in [0.1, 0.15) is 26.2 Å². The number of ether oxygens (including phenoxy) is 16. The Morgan fingerprint density at radius 1 is 0.480 bits per heavy atom. The first-order valence-electron chi connectivity index (χ1n) is 32.6. The van der Waals surface area contributed by atoms with E-state index in [1.807, 2.05) is 0 Å². The Hall–Kier alpha value is -2.46. The molecule has 0 aliphatic carbocycles. The number of carboxylic acid groups (broad SMARTS) is 2. The number of aliphatic hydroxyl groups excluding tert-OH is 18. The third-order valence-electron chi connectivity index (χ3n) is 17.6. The fourth-order valence-electron chi connectivity index (χ4n) is 11.7. The molecule has 34 atom stereocenters. The summed E-state index contributed by atoms with van der Waals surface area (Å²) < 4.78 is 91.6. The van der Waals surface area contributed by atoms with Gasteiger partial charge in [0.1, 0.15) is 159 Å². The highest BCUT2D eigenvalue weighted by Gasteiger charge is 2.60. The Kier molecular flexibility index (Phi) is 34.7. The fraction of sp³-hybridized carbons (Fsp3) is 0.931. The number of fused-ring (bicyclic) bond motifs is 1. The highest BCUT2D eigenvalue weighted by molar-refractivity contribution is 7.99. The smallest absolute Gasteiger partial charge is 0.321 e. The summed E-state index contributed by atoms with van der Waals surface area (Å²) >= 11 is 1.66. The molecule has 0 aromatic heterocycles. The molecule has 0 spiro atoms. The first kappa shape index (κ1) is 86.8. The van der Waals surface area contributed by atoms with E-state index >= 15 is 0 Å². The van der Waals surface area contributed by atoms with Gasteiger partial charge in [-0.25, -0.2) is 0 Å². The van der Waals surface area contributed by atoms with Crippen LogP contribution >= 0.6 is 23.5 Å². The molecule has 17 rings (SSSR count). The molecule has 42 nitrogen and oxygen atoms in total. The number of carbonyl (C=O) groups excluding carboxylic acids is 2. The van der Waals surface area contributed by atoms with Crippen LogP contribution in [0, 0.1) is 5.92 Å². The van der Waals surface area contributed by atoms with Crippen molar-refractivity contribution in [1.29, 1.82) is 0 Å². The van der Waals surface area contributed by atoms with Crippen LogP contribution in [-0.4, -0.2) is 436 Å². The zero-order valence-electron chi connectivity index (χ0n) is 55.2. The largest absolute Gasteiger partial charge is 0.481 e. The standard InChI is InChI=1S/C58H97NO41S2/c1-21(64)3-6-85-9-10-86-7-4-23(65)11-22(49(80)81)16-101-18-29-46-32(68)37(73)52(93-29)88-15-25(66)31(67)51(87-8-5-60)95-43-26(12-61)90-55(38(74)33(43)69)99-47-30(19-102-17-24(59-2)50(82)83)94-56(40(76)35(47)71)97-45-28(14-63)92-57(41(77)36(45)72)100-58(84)20-89-53(42(78)48(58)79)96-44-27(13-62)91-54(98-46)39(75)34(44)70/h22,24-48,51-57,59-63,66-79,84H,3-20H2,1-2H3,(H,80,81)(H,82,83)/t22-,24-,25+,26?,27?,28?,29?,30?,31?,32-,33-,34-,35-,36-,37?,38?,39?,40?,41?,42?,43-,44-,45-,46-,47-,48-,51-,52+,53-,54-,55-,56-,57-,58-/m1/s1. The van der Waals surface area contributed by atoms with Crippen LogP contribution in [0.2, 0.25) is 0 Å². The van der Waals surface area contributed by atoms with Crippen LogP contribution in [0.3, 0.4) is 0 Å². The van der Waals surface area contributed by atoms with Gasteiger partial charge in [-0.1, -0.05) is 0 Å². The number of rotatable bonds is 28. The van der Waals surface area contributed by atoms with Crippen molar-refractivity contribution < 1.29 is 202 Å². The molecule has 12 unspecified atom stereocenters. The molecule has 12 bridgehead atoms. The van der Waals surface area contributed by atoms with Gasteiger partial charge in [-0.3, -0.25) is 19.2 Å². The summed E-state index contributed by atoms with van der Waals surface area (Å²) in [6.45, 7) is -5.47. The molecule has 0 amide bonds. The lowest BCUT2D eigenvalue weighted by atomic mass is 9.95. The zero-order chi connectivity index (χ0) is 75.0. The third kappa shape index (κ3) is 22.2. The van der Waals surface area contributed by atoms with E-state index in [4.69, 9.17) is 75.8 Å². The maximum absolute atomic E-state index is 13.0. The van der Waals surface area contributed by atoms with Gasteiger partial charge in [0, 0.05) is 42.3 Å². The Balaban J connectivity index is 1.17. The molecule has 17 saturated heterocycles. The van der Waals surface area contributed by atoms with E-state index in [-0.39, 0.29) is 62.3 Å². The minimum absolute atomic E-state index is 0.0689. The summed E-state index contributed by atoms with van der Waals surface area (Å²) in [4.78, 5) is 48.6. The van der Waals surface area contributed by atoms with E-state index in [1.165, 1.54) is 14.0 Å². The number of hydrogen-bond donors (Lipinski definition) is 22. The number of carboxylic acids is 2. The van der Waals surface area contributed by atoms with E-state index < -0.39 is 284 Å². The summed E-state index contributed by atoms with van der Waals surface area (Å²) in [7, 11) is 1.34. The Labute approximate surface area is 589 Å². The Bertz CT molecular complexity index is 2550. The van der Waals surface area contributed by atoms with Gasteiger partial charge in [-0.15, -0.1) is 0 Å². The van der Waals surface area contributed by atoms with Gasteiger partial charge in [0.15, 0.2) is 44.0 Å². The maximum Gasteiger partial charge on any atom is 0.321 e. The van der Waals surface area contributed by atoms with E-state index in [0.717, 1.165) is 23.5 Å². The minimum atomic E-state index is -3.14.